The summed E-state index contributed by atoms with van der Waals surface area (Å²) in [6.45, 7) is 4.87. The zero-order valence-electron chi connectivity index (χ0n) is 11.3. The Hall–Kier alpha value is -1.66. The van der Waals surface area contributed by atoms with E-state index in [1.807, 2.05) is 13.8 Å². The summed E-state index contributed by atoms with van der Waals surface area (Å²) in [4.78, 5) is 15.5. The number of nitrogens with zero attached hydrogens (tertiary/aromatic N) is 1. The summed E-state index contributed by atoms with van der Waals surface area (Å²) < 4.78 is 15.8. The Balaban J connectivity index is 1.91. The predicted molar refractivity (Wildman–Crippen MR) is 69.0 cm³/mol. The molecule has 0 aliphatic carbocycles. The SMILES string of the molecule is COC(=O)c1ccnc(NCC2COC(C)(C)O2)c1. The second-order valence-electron chi connectivity index (χ2n) is 4.75. The van der Waals surface area contributed by atoms with Crippen molar-refractivity contribution in [3.05, 3.63) is 23.9 Å². The molecular weight excluding hydrogens is 248 g/mol. The van der Waals surface area contributed by atoms with Crippen molar-refractivity contribution in [2.24, 2.45) is 0 Å². The first-order valence-corrected chi connectivity index (χ1v) is 6.10. The minimum absolute atomic E-state index is 0.0291. The van der Waals surface area contributed by atoms with Crippen LogP contribution in [-0.4, -0.2) is 43.1 Å². The molecule has 1 aromatic rings. The van der Waals surface area contributed by atoms with E-state index in [0.29, 0.717) is 24.5 Å². The third-order valence-corrected chi connectivity index (χ3v) is 2.76. The Kier molecular flexibility index (Phi) is 4.01. The van der Waals surface area contributed by atoms with Gasteiger partial charge in [-0.3, -0.25) is 0 Å². The van der Waals surface area contributed by atoms with Gasteiger partial charge in [0.25, 0.3) is 0 Å². The number of esters is 1. The first-order chi connectivity index (χ1) is 9.00. The summed E-state index contributed by atoms with van der Waals surface area (Å²) in [5.74, 6) is -0.309. The van der Waals surface area contributed by atoms with Crippen LogP contribution in [0.25, 0.3) is 0 Å². The van der Waals surface area contributed by atoms with E-state index in [2.05, 4.69) is 15.0 Å². The van der Waals surface area contributed by atoms with Crippen LogP contribution in [0.2, 0.25) is 0 Å². The van der Waals surface area contributed by atoms with Crippen LogP contribution in [0.5, 0.6) is 0 Å². The normalized spacial score (nSPS) is 21.1. The van der Waals surface area contributed by atoms with Crippen molar-refractivity contribution in [1.82, 2.24) is 4.98 Å². The zero-order valence-corrected chi connectivity index (χ0v) is 11.3. The fraction of sp³-hybridized carbons (Fsp3) is 0.538. The number of nitrogens with one attached hydrogen (secondary N) is 1. The highest BCUT2D eigenvalue weighted by atomic mass is 16.7. The van der Waals surface area contributed by atoms with E-state index in [4.69, 9.17) is 9.47 Å². The summed E-state index contributed by atoms with van der Waals surface area (Å²) in [5.41, 5.74) is 0.462. The van der Waals surface area contributed by atoms with Gasteiger partial charge in [-0.05, 0) is 26.0 Å². The van der Waals surface area contributed by atoms with Gasteiger partial charge in [-0.25, -0.2) is 9.78 Å². The molecule has 1 fully saturated rings. The first kappa shape index (κ1) is 13.8. The Morgan fingerprint density at radius 2 is 2.42 bits per heavy atom. The summed E-state index contributed by atoms with van der Waals surface area (Å²) >= 11 is 0. The van der Waals surface area contributed by atoms with E-state index in [0.717, 1.165) is 0 Å². The summed E-state index contributed by atoms with van der Waals surface area (Å²) in [7, 11) is 1.35. The molecule has 0 saturated carbocycles. The molecule has 19 heavy (non-hydrogen) atoms. The third kappa shape index (κ3) is 3.65. The zero-order chi connectivity index (χ0) is 13.9. The van der Waals surface area contributed by atoms with Crippen LogP contribution in [0.3, 0.4) is 0 Å². The molecule has 1 unspecified atom stereocenters. The average molecular weight is 266 g/mol. The minimum Gasteiger partial charge on any atom is -0.465 e. The van der Waals surface area contributed by atoms with E-state index in [1.54, 1.807) is 18.3 Å². The average Bonchev–Trinajstić information content (AvgIpc) is 2.75. The van der Waals surface area contributed by atoms with Gasteiger partial charge in [-0.15, -0.1) is 0 Å². The number of hydrogen-bond donors (Lipinski definition) is 1. The fourth-order valence-electron chi connectivity index (χ4n) is 1.85. The molecule has 1 N–H and O–H groups in total. The molecule has 2 rings (SSSR count). The lowest BCUT2D eigenvalue weighted by molar-refractivity contribution is -0.136. The number of carbonyl (C=O) groups is 1. The molecule has 0 bridgehead atoms. The molecule has 0 spiro atoms. The van der Waals surface area contributed by atoms with Crippen molar-refractivity contribution < 1.29 is 19.0 Å². The molecule has 0 radical (unpaired) electrons. The number of rotatable bonds is 4. The molecule has 1 atom stereocenters. The molecule has 1 aliphatic heterocycles. The van der Waals surface area contributed by atoms with Gasteiger partial charge in [0.15, 0.2) is 5.79 Å². The number of hydrogen-bond acceptors (Lipinski definition) is 6. The maximum atomic E-state index is 11.4. The topological polar surface area (TPSA) is 69.7 Å². The number of anilines is 1. The van der Waals surface area contributed by atoms with Crippen LogP contribution in [-0.2, 0) is 14.2 Å². The van der Waals surface area contributed by atoms with Crippen LogP contribution in [0.4, 0.5) is 5.82 Å². The summed E-state index contributed by atoms with van der Waals surface area (Å²) in [5, 5.41) is 3.12. The largest absolute Gasteiger partial charge is 0.465 e. The quantitative estimate of drug-likeness (QED) is 0.831. The van der Waals surface area contributed by atoms with E-state index in [1.165, 1.54) is 7.11 Å². The van der Waals surface area contributed by atoms with Crippen molar-refractivity contribution >= 4 is 11.8 Å². The highest BCUT2D eigenvalue weighted by Crippen LogP contribution is 2.22. The fourth-order valence-corrected chi connectivity index (χ4v) is 1.85. The van der Waals surface area contributed by atoms with E-state index in [9.17, 15) is 4.79 Å². The molecule has 1 saturated heterocycles. The number of carbonyl (C=O) groups excluding carboxylic acids is 1. The maximum absolute atomic E-state index is 11.4. The number of pyridine rings is 1. The molecular formula is C13H18N2O4. The van der Waals surface area contributed by atoms with Crippen molar-refractivity contribution in [2.75, 3.05) is 25.6 Å². The van der Waals surface area contributed by atoms with Gasteiger partial charge in [0.2, 0.25) is 0 Å². The van der Waals surface area contributed by atoms with Crippen LogP contribution in [0.15, 0.2) is 18.3 Å². The lowest BCUT2D eigenvalue weighted by Gasteiger charge is -2.17. The molecule has 104 valence electrons. The second kappa shape index (κ2) is 5.54. The number of ether oxygens (including phenoxy) is 3. The highest BCUT2D eigenvalue weighted by molar-refractivity contribution is 5.89. The monoisotopic (exact) mass is 266 g/mol. The van der Waals surface area contributed by atoms with Crippen LogP contribution >= 0.6 is 0 Å². The van der Waals surface area contributed by atoms with Gasteiger partial charge in [-0.1, -0.05) is 0 Å². The molecule has 6 nitrogen and oxygen atoms in total. The summed E-state index contributed by atoms with van der Waals surface area (Å²) in [6.07, 6.45) is 1.53. The number of methoxy groups -OCH3 is 1. The Morgan fingerprint density at radius 3 is 3.05 bits per heavy atom. The first-order valence-electron chi connectivity index (χ1n) is 6.10. The lowest BCUT2D eigenvalue weighted by atomic mass is 10.2. The summed E-state index contributed by atoms with van der Waals surface area (Å²) in [6, 6.07) is 3.25. The Morgan fingerprint density at radius 1 is 1.63 bits per heavy atom. The van der Waals surface area contributed by atoms with Gasteiger partial charge >= 0.3 is 5.97 Å². The van der Waals surface area contributed by atoms with E-state index < -0.39 is 5.79 Å². The Bertz CT molecular complexity index is 462. The van der Waals surface area contributed by atoms with Crippen molar-refractivity contribution in [3.63, 3.8) is 0 Å². The van der Waals surface area contributed by atoms with Crippen molar-refractivity contribution in [1.29, 1.82) is 0 Å². The molecule has 0 amide bonds. The van der Waals surface area contributed by atoms with Crippen molar-refractivity contribution in [2.45, 2.75) is 25.7 Å². The van der Waals surface area contributed by atoms with Gasteiger partial charge in [0.05, 0.1) is 19.3 Å². The molecule has 1 aromatic heterocycles. The standard InChI is InChI=1S/C13H18N2O4/c1-13(2)18-8-10(19-13)7-15-11-6-9(4-5-14-11)12(16)17-3/h4-6,10H,7-8H2,1-3H3,(H,14,15). The predicted octanol–water partition coefficient (Wildman–Crippen LogP) is 1.43. The van der Waals surface area contributed by atoms with Gasteiger partial charge in [0.1, 0.15) is 11.9 Å². The number of aromatic nitrogens is 1. The minimum atomic E-state index is -0.534. The highest BCUT2D eigenvalue weighted by Gasteiger charge is 2.32. The Labute approximate surface area is 112 Å². The smallest absolute Gasteiger partial charge is 0.338 e. The molecule has 1 aliphatic rings. The lowest BCUT2D eigenvalue weighted by Crippen LogP contribution is -2.26. The van der Waals surface area contributed by atoms with Crippen LogP contribution in [0, 0.1) is 0 Å². The van der Waals surface area contributed by atoms with E-state index in [-0.39, 0.29) is 12.1 Å². The third-order valence-electron chi connectivity index (χ3n) is 2.76. The van der Waals surface area contributed by atoms with Crippen LogP contribution in [0.1, 0.15) is 24.2 Å². The molecule has 6 heteroatoms. The van der Waals surface area contributed by atoms with Gasteiger partial charge in [-0.2, -0.15) is 0 Å². The van der Waals surface area contributed by atoms with Crippen LogP contribution < -0.4 is 5.32 Å². The second-order valence-corrected chi connectivity index (χ2v) is 4.75. The van der Waals surface area contributed by atoms with Gasteiger partial charge in [0, 0.05) is 12.7 Å². The molecule has 2 heterocycles. The van der Waals surface area contributed by atoms with Crippen molar-refractivity contribution in [3.8, 4) is 0 Å². The molecule has 0 aromatic carbocycles. The van der Waals surface area contributed by atoms with E-state index >= 15 is 0 Å². The maximum Gasteiger partial charge on any atom is 0.338 e. The van der Waals surface area contributed by atoms with Gasteiger partial charge < -0.3 is 19.5 Å².